The molecule has 7 nitrogen and oxygen atoms in total. The maximum atomic E-state index is 14.0. The molecule has 0 saturated carbocycles. The van der Waals surface area contributed by atoms with Crippen LogP contribution in [0.2, 0.25) is 0 Å². The van der Waals surface area contributed by atoms with Crippen LogP contribution in [-0.2, 0) is 13.1 Å². The zero-order chi connectivity index (χ0) is 26.3. The Balaban J connectivity index is 1.45. The van der Waals surface area contributed by atoms with Crippen LogP contribution < -0.4 is 5.32 Å². The first-order valence-corrected chi connectivity index (χ1v) is 11.3. The second-order valence-corrected chi connectivity index (χ2v) is 8.36. The zero-order valence-electron chi connectivity index (χ0n) is 19.8. The second kappa shape index (κ2) is 9.49. The molecule has 37 heavy (non-hydrogen) atoms. The minimum absolute atomic E-state index is 0.242. The van der Waals surface area contributed by atoms with Crippen molar-refractivity contribution in [3.63, 3.8) is 0 Å². The van der Waals surface area contributed by atoms with Crippen molar-refractivity contribution in [1.82, 2.24) is 24.5 Å². The lowest BCUT2D eigenvalue weighted by Crippen LogP contribution is -2.13. The van der Waals surface area contributed by atoms with Gasteiger partial charge in [-0.05, 0) is 26.0 Å². The van der Waals surface area contributed by atoms with Crippen LogP contribution in [0.25, 0.3) is 22.2 Å². The Morgan fingerprint density at radius 2 is 1.78 bits per heavy atom. The van der Waals surface area contributed by atoms with Crippen molar-refractivity contribution in [2.75, 3.05) is 5.32 Å². The summed E-state index contributed by atoms with van der Waals surface area (Å²) in [5, 5.41) is 11.7. The number of amides is 1. The molecule has 0 spiro atoms. The molecule has 0 bridgehead atoms. The van der Waals surface area contributed by atoms with Gasteiger partial charge in [0, 0.05) is 41.0 Å². The van der Waals surface area contributed by atoms with Crippen molar-refractivity contribution in [2.24, 2.45) is 0 Å². The summed E-state index contributed by atoms with van der Waals surface area (Å²) in [5.41, 5.74) is 2.82. The van der Waals surface area contributed by atoms with Gasteiger partial charge in [0.15, 0.2) is 17.5 Å². The topological polar surface area (TPSA) is 77.6 Å². The Hall–Kier alpha value is -4.54. The average molecular weight is 508 g/mol. The van der Waals surface area contributed by atoms with E-state index in [9.17, 15) is 22.4 Å². The third kappa shape index (κ3) is 4.44. The summed E-state index contributed by atoms with van der Waals surface area (Å²) in [5.74, 6) is -6.71. The quantitative estimate of drug-likeness (QED) is 0.187. The van der Waals surface area contributed by atoms with Crippen LogP contribution >= 0.6 is 0 Å². The van der Waals surface area contributed by atoms with Gasteiger partial charge in [-0.25, -0.2) is 22.5 Å². The standard InChI is InChI=1S/C26H20F4N6O/c1-3-36-14(2)18(11-32-36)23-8-17(16-6-4-5-7-22(16)34-23)26(37)33-15-10-31-35(12-15)13-19-20(27)9-21(28)25(30)24(19)29/h4-12H,3,13H2,1-2H3,(H,33,37). The maximum absolute atomic E-state index is 14.0. The van der Waals surface area contributed by atoms with E-state index >= 15 is 0 Å². The van der Waals surface area contributed by atoms with E-state index in [1.54, 1.807) is 30.5 Å². The molecule has 5 aromatic rings. The highest BCUT2D eigenvalue weighted by atomic mass is 19.2. The Morgan fingerprint density at radius 1 is 1.00 bits per heavy atom. The van der Waals surface area contributed by atoms with E-state index in [1.165, 1.54) is 12.4 Å². The normalized spacial score (nSPS) is 11.3. The fourth-order valence-corrected chi connectivity index (χ4v) is 4.14. The van der Waals surface area contributed by atoms with Gasteiger partial charge in [0.1, 0.15) is 5.82 Å². The fraction of sp³-hybridized carbons (Fsp3) is 0.154. The second-order valence-electron chi connectivity index (χ2n) is 8.36. The average Bonchev–Trinajstić information content (AvgIpc) is 3.50. The highest BCUT2D eigenvalue weighted by Crippen LogP contribution is 2.28. The molecule has 0 saturated heterocycles. The van der Waals surface area contributed by atoms with Crippen molar-refractivity contribution in [2.45, 2.75) is 26.9 Å². The lowest BCUT2D eigenvalue weighted by atomic mass is 10.0. The van der Waals surface area contributed by atoms with Crippen LogP contribution in [0.5, 0.6) is 0 Å². The van der Waals surface area contributed by atoms with E-state index in [1.807, 2.05) is 24.6 Å². The van der Waals surface area contributed by atoms with Crippen molar-refractivity contribution in [3.05, 3.63) is 95.1 Å². The van der Waals surface area contributed by atoms with Gasteiger partial charge < -0.3 is 5.32 Å². The molecule has 0 aliphatic heterocycles. The lowest BCUT2D eigenvalue weighted by Gasteiger charge is -2.10. The first-order valence-electron chi connectivity index (χ1n) is 11.3. The lowest BCUT2D eigenvalue weighted by molar-refractivity contribution is 0.102. The molecule has 2 aromatic carbocycles. The SMILES string of the molecule is CCn1ncc(-c2cc(C(=O)Nc3cnn(Cc4c(F)cc(F)c(F)c4F)c3)c3ccccc3n2)c1C. The summed E-state index contributed by atoms with van der Waals surface area (Å²) in [4.78, 5) is 18.0. The number of carbonyl (C=O) groups is 1. The molecule has 1 N–H and O–H groups in total. The van der Waals surface area contributed by atoms with Crippen LogP contribution in [0.1, 0.15) is 28.5 Å². The van der Waals surface area contributed by atoms with Gasteiger partial charge >= 0.3 is 0 Å². The molecule has 0 aliphatic carbocycles. The van der Waals surface area contributed by atoms with Crippen LogP contribution in [-0.4, -0.2) is 30.5 Å². The van der Waals surface area contributed by atoms with Crippen molar-refractivity contribution in [1.29, 1.82) is 0 Å². The number of hydrogen-bond acceptors (Lipinski definition) is 4. The fourth-order valence-electron chi connectivity index (χ4n) is 4.14. The minimum atomic E-state index is -1.77. The number of carbonyl (C=O) groups excluding carboxylic acids is 1. The van der Waals surface area contributed by atoms with Gasteiger partial charge in [0.2, 0.25) is 0 Å². The maximum Gasteiger partial charge on any atom is 0.256 e. The number of nitrogens with one attached hydrogen (secondary N) is 1. The van der Waals surface area contributed by atoms with E-state index < -0.39 is 41.3 Å². The third-order valence-electron chi connectivity index (χ3n) is 6.06. The summed E-state index contributed by atoms with van der Waals surface area (Å²) < 4.78 is 57.8. The number of fused-ring (bicyclic) bond motifs is 1. The van der Waals surface area contributed by atoms with Gasteiger partial charge in [0.25, 0.3) is 5.91 Å². The molecular formula is C26H20F4N6O. The number of aryl methyl sites for hydroxylation is 1. The van der Waals surface area contributed by atoms with E-state index in [2.05, 4.69) is 15.5 Å². The van der Waals surface area contributed by atoms with Crippen molar-refractivity contribution >= 4 is 22.5 Å². The van der Waals surface area contributed by atoms with Crippen molar-refractivity contribution < 1.29 is 22.4 Å². The summed E-state index contributed by atoms with van der Waals surface area (Å²) in [7, 11) is 0. The van der Waals surface area contributed by atoms with Gasteiger partial charge in [-0.3, -0.25) is 14.2 Å². The zero-order valence-corrected chi connectivity index (χ0v) is 19.8. The van der Waals surface area contributed by atoms with E-state index in [4.69, 9.17) is 4.98 Å². The third-order valence-corrected chi connectivity index (χ3v) is 6.06. The van der Waals surface area contributed by atoms with Crippen molar-refractivity contribution in [3.8, 4) is 11.3 Å². The van der Waals surface area contributed by atoms with E-state index in [0.29, 0.717) is 28.7 Å². The smallest absolute Gasteiger partial charge is 0.256 e. The number of aromatic nitrogens is 5. The Labute approximate surface area is 208 Å². The molecule has 188 valence electrons. The highest BCUT2D eigenvalue weighted by Gasteiger charge is 2.20. The van der Waals surface area contributed by atoms with E-state index in [0.717, 1.165) is 15.9 Å². The number of anilines is 1. The molecule has 0 atom stereocenters. The molecule has 0 radical (unpaired) electrons. The van der Waals surface area contributed by atoms with Crippen LogP contribution in [0, 0.1) is 30.2 Å². The summed E-state index contributed by atoms with van der Waals surface area (Å²) in [6.07, 6.45) is 4.32. The number of nitrogens with zero attached hydrogens (tertiary/aromatic N) is 5. The highest BCUT2D eigenvalue weighted by molar-refractivity contribution is 6.13. The largest absolute Gasteiger partial charge is 0.319 e. The molecule has 11 heteroatoms. The number of rotatable bonds is 6. The molecule has 3 aromatic heterocycles. The predicted octanol–water partition coefficient (Wildman–Crippen LogP) is 5.48. The number of benzene rings is 2. The minimum Gasteiger partial charge on any atom is -0.319 e. The summed E-state index contributed by atoms with van der Waals surface area (Å²) in [6, 6.07) is 9.16. The van der Waals surface area contributed by atoms with Gasteiger partial charge in [0.05, 0.1) is 41.4 Å². The molecular weight excluding hydrogens is 488 g/mol. The number of pyridine rings is 1. The summed E-state index contributed by atoms with van der Waals surface area (Å²) in [6.45, 7) is 4.09. The number of para-hydroxylation sites is 1. The molecule has 0 aliphatic rings. The van der Waals surface area contributed by atoms with Gasteiger partial charge in [-0.1, -0.05) is 18.2 Å². The number of hydrogen-bond donors (Lipinski definition) is 1. The predicted molar refractivity (Wildman–Crippen MR) is 129 cm³/mol. The molecule has 1 amide bonds. The van der Waals surface area contributed by atoms with Crippen LogP contribution in [0.3, 0.4) is 0 Å². The molecule has 3 heterocycles. The monoisotopic (exact) mass is 508 g/mol. The van der Waals surface area contributed by atoms with Gasteiger partial charge in [-0.2, -0.15) is 10.2 Å². The Morgan fingerprint density at radius 3 is 2.54 bits per heavy atom. The first kappa shape index (κ1) is 24.2. The molecule has 5 rings (SSSR count). The molecule has 0 unspecified atom stereocenters. The molecule has 0 fully saturated rings. The van der Waals surface area contributed by atoms with E-state index in [-0.39, 0.29) is 11.8 Å². The van der Waals surface area contributed by atoms with Gasteiger partial charge in [-0.15, -0.1) is 0 Å². The number of halogens is 4. The Bertz CT molecular complexity index is 1660. The summed E-state index contributed by atoms with van der Waals surface area (Å²) >= 11 is 0. The Kier molecular flexibility index (Phi) is 6.20. The van der Waals surface area contributed by atoms with Crippen LogP contribution in [0.4, 0.5) is 23.2 Å². The van der Waals surface area contributed by atoms with Crippen LogP contribution in [0.15, 0.2) is 55.0 Å². The first-order chi connectivity index (χ1) is 17.8.